The molecule has 228 valence electrons. The predicted molar refractivity (Wildman–Crippen MR) is 154 cm³/mol. The molecule has 0 aliphatic carbocycles. The summed E-state index contributed by atoms with van der Waals surface area (Å²) in [6.45, 7) is 9.12. The van der Waals surface area contributed by atoms with Crippen molar-refractivity contribution in [1.82, 2.24) is 0 Å². The lowest BCUT2D eigenvalue weighted by Gasteiger charge is -2.19. The van der Waals surface area contributed by atoms with Crippen LogP contribution in [0.25, 0.3) is 0 Å². The van der Waals surface area contributed by atoms with Gasteiger partial charge >= 0.3 is 11.7 Å². The number of nitriles is 1. The van der Waals surface area contributed by atoms with Gasteiger partial charge in [-0.2, -0.15) is 5.26 Å². The number of unbranched alkanes of at least 4 members (excludes halogenated alkanes) is 1. The molecule has 13 heteroatoms. The van der Waals surface area contributed by atoms with E-state index in [2.05, 4.69) is 0 Å². The number of esters is 1. The lowest BCUT2D eigenvalue weighted by Crippen LogP contribution is -2.26. The molecule has 3 rings (SSSR count). The van der Waals surface area contributed by atoms with Crippen LogP contribution in [0.4, 0.5) is 15.8 Å². The monoisotopic (exact) mass is 597 g/mol. The van der Waals surface area contributed by atoms with Gasteiger partial charge in [0.2, 0.25) is 0 Å². The molecule has 0 unspecified atom stereocenters. The van der Waals surface area contributed by atoms with Gasteiger partial charge in [-0.05, 0) is 61.2 Å². The summed E-state index contributed by atoms with van der Waals surface area (Å²) in [5.74, 6) is -0.665. The highest BCUT2D eigenvalue weighted by Crippen LogP contribution is 2.40. The summed E-state index contributed by atoms with van der Waals surface area (Å²) >= 11 is 0. The Morgan fingerprint density at radius 3 is 2.19 bits per heavy atom. The number of halogens is 1. The average Bonchev–Trinajstić information content (AvgIpc) is 2.94. The van der Waals surface area contributed by atoms with Gasteiger partial charge in [-0.1, -0.05) is 34.1 Å². The van der Waals surface area contributed by atoms with Crippen LogP contribution in [-0.4, -0.2) is 33.6 Å². The molecule has 12 nitrogen and oxygen atoms in total. The van der Waals surface area contributed by atoms with Crippen molar-refractivity contribution in [2.45, 2.75) is 59.0 Å². The first-order valence-electron chi connectivity index (χ1n) is 13.1. The number of nitro groups is 2. The maximum Gasteiger partial charge on any atom is 0.347 e. The van der Waals surface area contributed by atoms with Gasteiger partial charge in [0.05, 0.1) is 34.2 Å². The van der Waals surface area contributed by atoms with E-state index in [0.29, 0.717) is 18.1 Å². The van der Waals surface area contributed by atoms with Crippen LogP contribution in [0.5, 0.6) is 23.0 Å². The fraction of sp³-hybridized carbons (Fsp3) is 0.333. The van der Waals surface area contributed by atoms with Crippen LogP contribution >= 0.6 is 0 Å². The fourth-order valence-corrected chi connectivity index (χ4v) is 3.47. The molecule has 0 aliphatic rings. The largest absolute Gasteiger partial charge is 0.502 e. The molecule has 1 atom stereocenters. The Balaban J connectivity index is 0.000000329. The second kappa shape index (κ2) is 15.1. The van der Waals surface area contributed by atoms with Crippen molar-refractivity contribution in [3.63, 3.8) is 0 Å². The van der Waals surface area contributed by atoms with Crippen molar-refractivity contribution in [3.05, 3.63) is 91.8 Å². The van der Waals surface area contributed by atoms with Crippen molar-refractivity contribution in [2.75, 3.05) is 6.61 Å². The van der Waals surface area contributed by atoms with E-state index in [1.54, 1.807) is 52.0 Å². The first-order valence-corrected chi connectivity index (χ1v) is 13.1. The third-order valence-corrected chi connectivity index (χ3v) is 5.79. The number of nitro benzene ring substituents is 2. The summed E-state index contributed by atoms with van der Waals surface area (Å²) < 4.78 is 29.9. The molecule has 0 fully saturated rings. The number of carbonyl (C=O) groups excluding carboxylic acids is 1. The van der Waals surface area contributed by atoms with Crippen LogP contribution in [0.2, 0.25) is 0 Å². The number of nitrogens with zero attached hydrogens (tertiary/aromatic N) is 3. The Bertz CT molecular complexity index is 1500. The topological polar surface area (TPSA) is 175 Å². The van der Waals surface area contributed by atoms with Crippen LogP contribution < -0.4 is 9.47 Å². The zero-order valence-electron chi connectivity index (χ0n) is 24.3. The highest BCUT2D eigenvalue weighted by atomic mass is 19.1. The molecule has 0 saturated heterocycles. The maximum atomic E-state index is 13.8. The number of ether oxygens (including phenoxy) is 3. The zero-order chi connectivity index (χ0) is 32.3. The number of hydrogen-bond donors (Lipinski definition) is 1. The van der Waals surface area contributed by atoms with Crippen LogP contribution in [0.15, 0.2) is 54.6 Å². The molecule has 0 saturated carbocycles. The standard InChI is InChI=1S/C20H20FNO4.C10H12N2O5/c1-3-4-11-24-20(23)14(2)25-16-6-8-17(9-7-16)26-19-10-5-15(13-22)12-18(19)21;1-10(2,3)7-4-6(11(14)15)5-8(9(7)13)12(16)17/h5-10,12,14H,3-4,11H2,1-2H3;4-5,13H,1-3H3/t14-;/m1./s1. The molecule has 43 heavy (non-hydrogen) atoms. The van der Waals surface area contributed by atoms with Gasteiger partial charge in [-0.3, -0.25) is 20.2 Å². The quantitative estimate of drug-likeness (QED) is 0.110. The van der Waals surface area contributed by atoms with Gasteiger partial charge in [0.1, 0.15) is 11.5 Å². The minimum Gasteiger partial charge on any atom is -0.502 e. The smallest absolute Gasteiger partial charge is 0.347 e. The third-order valence-electron chi connectivity index (χ3n) is 5.79. The Labute approximate surface area is 247 Å². The van der Waals surface area contributed by atoms with Crippen LogP contribution in [0, 0.1) is 37.4 Å². The summed E-state index contributed by atoms with van der Waals surface area (Å²) in [6.07, 6.45) is 1.04. The molecule has 0 bridgehead atoms. The van der Waals surface area contributed by atoms with E-state index in [1.165, 1.54) is 12.1 Å². The highest BCUT2D eigenvalue weighted by Gasteiger charge is 2.29. The van der Waals surface area contributed by atoms with Crippen molar-refractivity contribution < 1.29 is 38.3 Å². The van der Waals surface area contributed by atoms with Crippen molar-refractivity contribution in [3.8, 4) is 29.1 Å². The SMILES string of the molecule is CC(C)(C)c1cc([N+](=O)[O-])cc([N+](=O)[O-])c1O.CCCCOC(=O)[C@@H](C)Oc1ccc(Oc2ccc(C#N)cc2F)cc1. The van der Waals surface area contributed by atoms with Crippen molar-refractivity contribution in [1.29, 1.82) is 5.26 Å². The number of phenolic OH excluding ortho intramolecular Hbond substituents is 1. The predicted octanol–water partition coefficient (Wildman–Crippen LogP) is 7.11. The Morgan fingerprint density at radius 1 is 1.05 bits per heavy atom. The number of benzene rings is 3. The van der Waals surface area contributed by atoms with Gasteiger partial charge in [-0.15, -0.1) is 0 Å². The number of phenols is 1. The van der Waals surface area contributed by atoms with Gasteiger partial charge < -0.3 is 19.3 Å². The molecule has 0 amide bonds. The van der Waals surface area contributed by atoms with Gasteiger partial charge in [0, 0.05) is 11.6 Å². The molecule has 0 aromatic heterocycles. The molecule has 0 radical (unpaired) electrons. The lowest BCUT2D eigenvalue weighted by molar-refractivity contribution is -0.394. The molecule has 3 aromatic carbocycles. The number of aromatic hydroxyl groups is 1. The highest BCUT2D eigenvalue weighted by molar-refractivity contribution is 5.74. The van der Waals surface area contributed by atoms with E-state index in [-0.39, 0.29) is 16.9 Å². The molecule has 0 heterocycles. The van der Waals surface area contributed by atoms with Crippen LogP contribution in [0.1, 0.15) is 58.6 Å². The van der Waals surface area contributed by atoms with Crippen molar-refractivity contribution in [2.24, 2.45) is 0 Å². The van der Waals surface area contributed by atoms with Crippen LogP contribution in [-0.2, 0) is 14.9 Å². The van der Waals surface area contributed by atoms with E-state index >= 15 is 0 Å². The van der Waals surface area contributed by atoms with Crippen LogP contribution in [0.3, 0.4) is 0 Å². The Kier molecular flexibility index (Phi) is 11.9. The number of carbonyl (C=O) groups is 1. The second-order valence-electron chi connectivity index (χ2n) is 10.2. The van der Waals surface area contributed by atoms with Crippen molar-refractivity contribution >= 4 is 17.3 Å². The maximum absolute atomic E-state index is 13.8. The lowest BCUT2D eigenvalue weighted by atomic mass is 9.85. The minimum absolute atomic E-state index is 0.0190. The fourth-order valence-electron chi connectivity index (χ4n) is 3.47. The van der Waals surface area contributed by atoms with Gasteiger partial charge in [0.25, 0.3) is 5.69 Å². The van der Waals surface area contributed by atoms with E-state index in [0.717, 1.165) is 31.0 Å². The summed E-state index contributed by atoms with van der Waals surface area (Å²) in [5, 5.41) is 39.8. The van der Waals surface area contributed by atoms with E-state index in [1.807, 2.05) is 13.0 Å². The third kappa shape index (κ3) is 9.96. The molecular formula is C30H32FN3O9. The van der Waals surface area contributed by atoms with Gasteiger partial charge in [-0.25, -0.2) is 9.18 Å². The Hall–Kier alpha value is -5.25. The minimum atomic E-state index is -0.836. The second-order valence-corrected chi connectivity index (χ2v) is 10.2. The van der Waals surface area contributed by atoms with E-state index in [9.17, 15) is 34.5 Å². The molecule has 1 N–H and O–H groups in total. The zero-order valence-corrected chi connectivity index (χ0v) is 24.3. The first kappa shape index (κ1) is 34.0. The average molecular weight is 598 g/mol. The Morgan fingerprint density at radius 2 is 1.67 bits per heavy atom. The summed E-state index contributed by atoms with van der Waals surface area (Å²) in [7, 11) is 0. The number of non-ortho nitro benzene ring substituents is 1. The van der Waals surface area contributed by atoms with Gasteiger partial charge in [0.15, 0.2) is 23.4 Å². The molecular weight excluding hydrogens is 565 g/mol. The van der Waals surface area contributed by atoms with E-state index < -0.39 is 50.3 Å². The number of hydrogen-bond acceptors (Lipinski definition) is 10. The summed E-state index contributed by atoms with van der Waals surface area (Å²) in [6, 6.07) is 14.2. The first-order chi connectivity index (χ1) is 20.2. The normalized spacial score (nSPS) is 11.3. The summed E-state index contributed by atoms with van der Waals surface area (Å²) in [5.41, 5.74) is -1.28. The van der Waals surface area contributed by atoms with E-state index in [4.69, 9.17) is 19.5 Å². The summed E-state index contributed by atoms with van der Waals surface area (Å²) in [4.78, 5) is 31.6. The number of rotatable bonds is 10. The molecule has 0 spiro atoms. The molecule has 0 aliphatic heterocycles. The molecule has 3 aromatic rings.